The molecule has 0 radical (unpaired) electrons. The number of ether oxygens (including phenoxy) is 1. The van der Waals surface area contributed by atoms with Gasteiger partial charge in [0, 0.05) is 12.0 Å². The summed E-state index contributed by atoms with van der Waals surface area (Å²) < 4.78 is 6.06. The Balaban J connectivity index is 1.50. The van der Waals surface area contributed by atoms with Gasteiger partial charge in [-0.1, -0.05) is 24.3 Å². The number of carbonyl (C=O) groups is 1. The summed E-state index contributed by atoms with van der Waals surface area (Å²) in [5.74, 6) is 1.57. The van der Waals surface area contributed by atoms with Gasteiger partial charge in [0.15, 0.2) is 17.3 Å². The van der Waals surface area contributed by atoms with Crippen LogP contribution in [0.1, 0.15) is 63.0 Å². The molecule has 2 heterocycles. The molecular formula is C23H28N4O3. The lowest BCUT2D eigenvalue weighted by atomic mass is 9.77. The number of benzene rings is 1. The molecule has 0 spiro atoms. The molecule has 2 aliphatic rings. The predicted octanol–water partition coefficient (Wildman–Crippen LogP) is 3.58. The van der Waals surface area contributed by atoms with Crippen molar-refractivity contribution in [2.75, 3.05) is 12.3 Å². The van der Waals surface area contributed by atoms with E-state index in [-0.39, 0.29) is 12.4 Å². The average Bonchev–Trinajstić information content (AvgIpc) is 2.73. The van der Waals surface area contributed by atoms with E-state index in [2.05, 4.69) is 34.2 Å². The van der Waals surface area contributed by atoms with Gasteiger partial charge in [-0.05, 0) is 56.9 Å². The first-order chi connectivity index (χ1) is 14.4. The third-order valence-corrected chi connectivity index (χ3v) is 6.16. The zero-order valence-corrected chi connectivity index (χ0v) is 17.5. The standard InChI is InChI=1S/C23H28N4O3/c1-23(2)20(27-19-21(24)25-13-26-22(19)30-23)17-9-7-16(8-10-17)15-5-3-14(4-6-15)11-18(29)12-28/h7-10,13-15,28H,3-6,11-12H2,1-2H3,(H2,24,25,26). The lowest BCUT2D eigenvalue weighted by Gasteiger charge is -2.32. The summed E-state index contributed by atoms with van der Waals surface area (Å²) in [5, 5.41) is 8.95. The largest absolute Gasteiger partial charge is 0.463 e. The molecule has 1 aliphatic carbocycles. The SMILES string of the molecule is CC1(C)Oc2ncnc(N)c2N=C1c1ccc(C2CCC(CC(=O)CO)CC2)cc1. The Hall–Kier alpha value is -2.80. The monoisotopic (exact) mass is 408 g/mol. The lowest BCUT2D eigenvalue weighted by Crippen LogP contribution is -2.41. The number of aliphatic hydroxyl groups excluding tert-OH is 1. The summed E-state index contributed by atoms with van der Waals surface area (Å²) in [6.07, 6.45) is 6.09. The molecule has 4 rings (SSSR count). The summed E-state index contributed by atoms with van der Waals surface area (Å²) in [5.41, 5.74) is 8.91. The van der Waals surface area contributed by atoms with E-state index < -0.39 is 5.60 Å². The molecule has 1 aliphatic heterocycles. The second-order valence-corrected chi connectivity index (χ2v) is 8.73. The van der Waals surface area contributed by atoms with Gasteiger partial charge >= 0.3 is 0 Å². The van der Waals surface area contributed by atoms with E-state index in [0.29, 0.717) is 35.6 Å². The molecule has 0 bridgehead atoms. The number of nitrogens with two attached hydrogens (primary N) is 1. The highest BCUT2D eigenvalue weighted by Gasteiger charge is 2.35. The number of Topliss-reactive ketones (excluding diaryl/α,β-unsaturated/α-hetero) is 1. The number of nitrogens with zero attached hydrogens (tertiary/aromatic N) is 3. The van der Waals surface area contributed by atoms with Crippen LogP contribution in [0, 0.1) is 5.92 Å². The van der Waals surface area contributed by atoms with Gasteiger partial charge in [0.1, 0.15) is 18.5 Å². The van der Waals surface area contributed by atoms with Crippen LogP contribution in [0.5, 0.6) is 5.88 Å². The van der Waals surface area contributed by atoms with E-state index in [0.717, 1.165) is 37.0 Å². The van der Waals surface area contributed by atoms with Crippen molar-refractivity contribution in [1.82, 2.24) is 9.97 Å². The van der Waals surface area contributed by atoms with Gasteiger partial charge < -0.3 is 15.6 Å². The van der Waals surface area contributed by atoms with Crippen LogP contribution in [-0.4, -0.2) is 38.8 Å². The fraction of sp³-hybridized carbons (Fsp3) is 0.478. The third-order valence-electron chi connectivity index (χ3n) is 6.16. The zero-order chi connectivity index (χ0) is 21.3. The molecule has 30 heavy (non-hydrogen) atoms. The van der Waals surface area contributed by atoms with Gasteiger partial charge in [-0.2, -0.15) is 4.98 Å². The van der Waals surface area contributed by atoms with Crippen LogP contribution in [0.4, 0.5) is 11.5 Å². The Bertz CT molecular complexity index is 961. The van der Waals surface area contributed by atoms with Crippen molar-refractivity contribution in [3.8, 4) is 5.88 Å². The van der Waals surface area contributed by atoms with Gasteiger partial charge in [-0.15, -0.1) is 0 Å². The fourth-order valence-electron chi connectivity index (χ4n) is 4.50. The summed E-state index contributed by atoms with van der Waals surface area (Å²) in [7, 11) is 0. The minimum atomic E-state index is -0.632. The third kappa shape index (κ3) is 4.07. The quantitative estimate of drug-likeness (QED) is 0.782. The molecule has 7 nitrogen and oxygen atoms in total. The normalized spacial score (nSPS) is 22.6. The first-order valence-corrected chi connectivity index (χ1v) is 10.5. The van der Waals surface area contributed by atoms with Crippen LogP contribution in [0.25, 0.3) is 0 Å². The zero-order valence-electron chi connectivity index (χ0n) is 17.5. The van der Waals surface area contributed by atoms with Crippen LogP contribution < -0.4 is 10.5 Å². The Kier molecular flexibility index (Phi) is 5.56. The average molecular weight is 409 g/mol. The molecule has 1 fully saturated rings. The van der Waals surface area contributed by atoms with Crippen molar-refractivity contribution in [1.29, 1.82) is 0 Å². The molecule has 3 N–H and O–H groups in total. The minimum absolute atomic E-state index is 0.0477. The van der Waals surface area contributed by atoms with Crippen molar-refractivity contribution >= 4 is 23.0 Å². The van der Waals surface area contributed by atoms with Crippen LogP contribution in [-0.2, 0) is 4.79 Å². The Morgan fingerprint density at radius 2 is 1.87 bits per heavy atom. The number of carbonyl (C=O) groups excluding carboxylic acids is 1. The number of aliphatic imine (C=N–C) groups is 1. The Morgan fingerprint density at radius 1 is 1.17 bits per heavy atom. The van der Waals surface area contributed by atoms with E-state index in [1.165, 1.54) is 11.9 Å². The van der Waals surface area contributed by atoms with E-state index in [9.17, 15) is 4.79 Å². The second kappa shape index (κ2) is 8.14. The van der Waals surface area contributed by atoms with Crippen LogP contribution in [0.15, 0.2) is 35.6 Å². The van der Waals surface area contributed by atoms with E-state index >= 15 is 0 Å². The molecule has 0 saturated heterocycles. The highest BCUT2D eigenvalue weighted by atomic mass is 16.5. The molecule has 7 heteroatoms. The van der Waals surface area contributed by atoms with E-state index in [4.69, 9.17) is 20.6 Å². The molecular weight excluding hydrogens is 380 g/mol. The second-order valence-electron chi connectivity index (χ2n) is 8.73. The smallest absolute Gasteiger partial charge is 0.246 e. The van der Waals surface area contributed by atoms with Gasteiger partial charge in [-0.3, -0.25) is 4.79 Å². The molecule has 0 atom stereocenters. The number of aromatic nitrogens is 2. The number of fused-ring (bicyclic) bond motifs is 1. The highest BCUT2D eigenvalue weighted by molar-refractivity contribution is 6.09. The van der Waals surface area contributed by atoms with E-state index in [1.807, 2.05) is 13.8 Å². The molecule has 0 unspecified atom stereocenters. The summed E-state index contributed by atoms with van der Waals surface area (Å²) in [4.78, 5) is 24.4. The lowest BCUT2D eigenvalue weighted by molar-refractivity contribution is -0.122. The highest BCUT2D eigenvalue weighted by Crippen LogP contribution is 2.40. The first kappa shape index (κ1) is 20.5. The van der Waals surface area contributed by atoms with Crippen molar-refractivity contribution < 1.29 is 14.6 Å². The number of rotatable bonds is 5. The fourth-order valence-corrected chi connectivity index (χ4v) is 4.50. The summed E-state index contributed by atoms with van der Waals surface area (Å²) in [6.45, 7) is 3.60. The minimum Gasteiger partial charge on any atom is -0.463 e. The number of anilines is 1. The van der Waals surface area contributed by atoms with E-state index in [1.54, 1.807) is 0 Å². The molecule has 2 aromatic rings. The van der Waals surface area contributed by atoms with Crippen LogP contribution in [0.3, 0.4) is 0 Å². The van der Waals surface area contributed by atoms with Crippen LogP contribution >= 0.6 is 0 Å². The Morgan fingerprint density at radius 3 is 2.53 bits per heavy atom. The number of hydrogen-bond donors (Lipinski definition) is 2. The van der Waals surface area contributed by atoms with Crippen LogP contribution in [0.2, 0.25) is 0 Å². The molecule has 1 aromatic carbocycles. The maximum absolute atomic E-state index is 11.5. The van der Waals surface area contributed by atoms with Crippen molar-refractivity contribution in [3.63, 3.8) is 0 Å². The van der Waals surface area contributed by atoms with Gasteiger partial charge in [-0.25, -0.2) is 9.98 Å². The number of ketones is 1. The maximum atomic E-state index is 11.5. The van der Waals surface area contributed by atoms with Crippen molar-refractivity contribution in [3.05, 3.63) is 41.7 Å². The number of hydrogen-bond acceptors (Lipinski definition) is 7. The van der Waals surface area contributed by atoms with Gasteiger partial charge in [0.05, 0.1) is 5.71 Å². The summed E-state index contributed by atoms with van der Waals surface area (Å²) >= 11 is 0. The molecule has 1 aromatic heterocycles. The number of aliphatic hydroxyl groups is 1. The van der Waals surface area contributed by atoms with Gasteiger partial charge in [0.25, 0.3) is 0 Å². The molecule has 1 saturated carbocycles. The summed E-state index contributed by atoms with van der Waals surface area (Å²) in [6, 6.07) is 8.51. The maximum Gasteiger partial charge on any atom is 0.246 e. The predicted molar refractivity (Wildman–Crippen MR) is 115 cm³/mol. The van der Waals surface area contributed by atoms with Gasteiger partial charge in [0.2, 0.25) is 5.88 Å². The topological polar surface area (TPSA) is 111 Å². The molecule has 0 amide bonds. The molecule has 158 valence electrons. The Labute approximate surface area is 176 Å². The number of nitrogen functional groups attached to an aromatic ring is 1. The first-order valence-electron chi connectivity index (χ1n) is 10.5. The van der Waals surface area contributed by atoms with Crippen molar-refractivity contribution in [2.24, 2.45) is 10.9 Å². The van der Waals surface area contributed by atoms with Crippen molar-refractivity contribution in [2.45, 2.75) is 57.5 Å².